The SMILES string of the molecule is O=C(O)C1CCC(CN2CC(S)CC2=O)CC1. The molecule has 17 heavy (non-hydrogen) atoms. The second kappa shape index (κ2) is 5.29. The number of hydrogen-bond donors (Lipinski definition) is 2. The molecule has 1 aliphatic heterocycles. The Labute approximate surface area is 107 Å². The van der Waals surface area contributed by atoms with Crippen LogP contribution in [0.15, 0.2) is 0 Å². The van der Waals surface area contributed by atoms with E-state index in [4.69, 9.17) is 5.11 Å². The van der Waals surface area contributed by atoms with Gasteiger partial charge in [-0.05, 0) is 31.6 Å². The van der Waals surface area contributed by atoms with Crippen molar-refractivity contribution >= 4 is 24.5 Å². The zero-order chi connectivity index (χ0) is 12.4. The smallest absolute Gasteiger partial charge is 0.306 e. The quantitative estimate of drug-likeness (QED) is 0.752. The minimum Gasteiger partial charge on any atom is -0.481 e. The van der Waals surface area contributed by atoms with E-state index in [0.29, 0.717) is 12.3 Å². The molecule has 1 N–H and O–H groups in total. The summed E-state index contributed by atoms with van der Waals surface area (Å²) in [4.78, 5) is 24.3. The van der Waals surface area contributed by atoms with E-state index in [1.54, 1.807) is 0 Å². The van der Waals surface area contributed by atoms with Crippen LogP contribution in [0.1, 0.15) is 32.1 Å². The van der Waals surface area contributed by atoms with Crippen molar-refractivity contribution in [1.82, 2.24) is 4.90 Å². The Morgan fingerprint density at radius 1 is 1.35 bits per heavy atom. The predicted octanol–water partition coefficient (Wildman–Crippen LogP) is 1.41. The number of thiol groups is 1. The molecule has 0 aromatic heterocycles. The molecule has 1 amide bonds. The lowest BCUT2D eigenvalue weighted by atomic mass is 9.82. The lowest BCUT2D eigenvalue weighted by molar-refractivity contribution is -0.143. The average Bonchev–Trinajstić information content (AvgIpc) is 2.58. The number of rotatable bonds is 3. The lowest BCUT2D eigenvalue weighted by Gasteiger charge is -2.29. The highest BCUT2D eigenvalue weighted by molar-refractivity contribution is 7.81. The maximum Gasteiger partial charge on any atom is 0.306 e. The maximum absolute atomic E-state index is 11.6. The lowest BCUT2D eigenvalue weighted by Crippen LogP contribution is -2.33. The van der Waals surface area contributed by atoms with E-state index < -0.39 is 5.97 Å². The average molecular weight is 257 g/mol. The van der Waals surface area contributed by atoms with Gasteiger partial charge in [0.25, 0.3) is 0 Å². The molecule has 0 radical (unpaired) electrons. The first-order valence-corrected chi connectivity index (χ1v) is 6.76. The Kier molecular flexibility index (Phi) is 3.97. The van der Waals surface area contributed by atoms with Crippen molar-refractivity contribution in [1.29, 1.82) is 0 Å². The van der Waals surface area contributed by atoms with Gasteiger partial charge in [0, 0.05) is 24.8 Å². The zero-order valence-electron chi connectivity index (χ0n) is 9.84. The summed E-state index contributed by atoms with van der Waals surface area (Å²) >= 11 is 4.33. The van der Waals surface area contributed by atoms with Gasteiger partial charge in [0.2, 0.25) is 5.91 Å². The molecule has 2 fully saturated rings. The molecule has 0 spiro atoms. The molecule has 1 saturated carbocycles. The molecule has 1 aliphatic carbocycles. The topological polar surface area (TPSA) is 57.6 Å². The number of amides is 1. The van der Waals surface area contributed by atoms with Crippen LogP contribution in [-0.2, 0) is 9.59 Å². The van der Waals surface area contributed by atoms with Gasteiger partial charge in [-0.15, -0.1) is 0 Å². The molecule has 2 aliphatic rings. The second-order valence-corrected chi connectivity index (χ2v) is 5.94. The van der Waals surface area contributed by atoms with Crippen molar-refractivity contribution in [2.45, 2.75) is 37.4 Å². The fourth-order valence-corrected chi connectivity index (χ4v) is 3.18. The van der Waals surface area contributed by atoms with Crippen LogP contribution in [-0.4, -0.2) is 40.2 Å². The van der Waals surface area contributed by atoms with Gasteiger partial charge in [-0.2, -0.15) is 12.6 Å². The monoisotopic (exact) mass is 257 g/mol. The predicted molar refractivity (Wildman–Crippen MR) is 67.1 cm³/mol. The minimum atomic E-state index is -0.670. The van der Waals surface area contributed by atoms with Gasteiger partial charge in [-0.1, -0.05) is 0 Å². The molecule has 0 aromatic carbocycles. The molecule has 1 heterocycles. The standard InChI is InChI=1S/C12H19NO3S/c14-11-5-10(17)7-13(11)6-8-1-3-9(4-2-8)12(15)16/h8-10,17H,1-7H2,(H,15,16). The normalized spacial score (nSPS) is 34.1. The van der Waals surface area contributed by atoms with Gasteiger partial charge in [0.05, 0.1) is 5.92 Å². The zero-order valence-corrected chi connectivity index (χ0v) is 10.7. The first kappa shape index (κ1) is 12.7. The van der Waals surface area contributed by atoms with Gasteiger partial charge in [-0.3, -0.25) is 9.59 Å². The molecule has 96 valence electrons. The number of nitrogens with zero attached hydrogens (tertiary/aromatic N) is 1. The number of aliphatic carboxylic acids is 1. The third-order valence-electron chi connectivity index (χ3n) is 3.87. The Hall–Kier alpha value is -0.710. The summed E-state index contributed by atoms with van der Waals surface area (Å²) in [6, 6.07) is 0. The van der Waals surface area contributed by atoms with Gasteiger partial charge < -0.3 is 10.0 Å². The largest absolute Gasteiger partial charge is 0.481 e. The molecule has 0 bridgehead atoms. The van der Waals surface area contributed by atoms with E-state index in [9.17, 15) is 9.59 Å². The van der Waals surface area contributed by atoms with Gasteiger partial charge in [-0.25, -0.2) is 0 Å². The van der Waals surface area contributed by atoms with Crippen molar-refractivity contribution in [3.63, 3.8) is 0 Å². The number of carboxylic acid groups (broad SMARTS) is 1. The van der Waals surface area contributed by atoms with Crippen LogP contribution < -0.4 is 0 Å². The summed E-state index contributed by atoms with van der Waals surface area (Å²) < 4.78 is 0. The minimum absolute atomic E-state index is 0.168. The number of likely N-dealkylation sites (tertiary alicyclic amines) is 1. The molecule has 0 aromatic rings. The van der Waals surface area contributed by atoms with Crippen molar-refractivity contribution in [2.24, 2.45) is 11.8 Å². The van der Waals surface area contributed by atoms with Crippen LogP contribution >= 0.6 is 12.6 Å². The summed E-state index contributed by atoms with van der Waals surface area (Å²) in [6.45, 7) is 1.54. The van der Waals surface area contributed by atoms with Gasteiger partial charge in [0.1, 0.15) is 0 Å². The van der Waals surface area contributed by atoms with E-state index in [2.05, 4.69) is 12.6 Å². The second-order valence-electron chi connectivity index (χ2n) is 5.21. The van der Waals surface area contributed by atoms with Crippen LogP contribution in [0.25, 0.3) is 0 Å². The van der Waals surface area contributed by atoms with E-state index >= 15 is 0 Å². The van der Waals surface area contributed by atoms with E-state index in [0.717, 1.165) is 38.8 Å². The molecule has 1 saturated heterocycles. The molecule has 1 atom stereocenters. The van der Waals surface area contributed by atoms with Crippen LogP contribution in [0.2, 0.25) is 0 Å². The summed E-state index contributed by atoms with van der Waals surface area (Å²) in [6.07, 6.45) is 3.92. The molecule has 2 rings (SSSR count). The number of carbonyl (C=O) groups excluding carboxylic acids is 1. The number of carbonyl (C=O) groups is 2. The van der Waals surface area contributed by atoms with Crippen LogP contribution in [0.3, 0.4) is 0 Å². The number of carboxylic acids is 1. The Balaban J connectivity index is 1.78. The highest BCUT2D eigenvalue weighted by Crippen LogP contribution is 2.30. The molecule has 4 nitrogen and oxygen atoms in total. The maximum atomic E-state index is 11.6. The summed E-state index contributed by atoms with van der Waals surface area (Å²) in [5.41, 5.74) is 0. The number of hydrogen-bond acceptors (Lipinski definition) is 3. The third kappa shape index (κ3) is 3.15. The summed E-state index contributed by atoms with van der Waals surface area (Å²) in [5, 5.41) is 9.09. The summed E-state index contributed by atoms with van der Waals surface area (Å²) in [5.74, 6) is -0.159. The van der Waals surface area contributed by atoms with Crippen molar-refractivity contribution in [2.75, 3.05) is 13.1 Å². The van der Waals surface area contributed by atoms with Crippen molar-refractivity contribution in [3.8, 4) is 0 Å². The van der Waals surface area contributed by atoms with Crippen LogP contribution in [0.5, 0.6) is 0 Å². The fourth-order valence-electron chi connectivity index (χ4n) is 2.83. The molecular formula is C12H19NO3S. The first-order chi connectivity index (χ1) is 8.06. The highest BCUT2D eigenvalue weighted by atomic mass is 32.1. The fraction of sp³-hybridized carbons (Fsp3) is 0.833. The Bertz CT molecular complexity index is 313. The van der Waals surface area contributed by atoms with Gasteiger partial charge in [0.15, 0.2) is 0 Å². The molecule has 5 heteroatoms. The van der Waals surface area contributed by atoms with Crippen molar-refractivity contribution < 1.29 is 14.7 Å². The Morgan fingerprint density at radius 2 is 2.00 bits per heavy atom. The van der Waals surface area contributed by atoms with E-state index in [1.807, 2.05) is 4.90 Å². The van der Waals surface area contributed by atoms with E-state index in [-0.39, 0.29) is 17.1 Å². The summed E-state index contributed by atoms with van der Waals surface area (Å²) in [7, 11) is 0. The van der Waals surface area contributed by atoms with E-state index in [1.165, 1.54) is 0 Å². The van der Waals surface area contributed by atoms with Crippen LogP contribution in [0, 0.1) is 11.8 Å². The molecular weight excluding hydrogens is 238 g/mol. The Morgan fingerprint density at radius 3 is 2.47 bits per heavy atom. The first-order valence-electron chi connectivity index (χ1n) is 6.25. The van der Waals surface area contributed by atoms with Crippen molar-refractivity contribution in [3.05, 3.63) is 0 Å². The molecule has 1 unspecified atom stereocenters. The third-order valence-corrected chi connectivity index (χ3v) is 4.21. The highest BCUT2D eigenvalue weighted by Gasteiger charge is 2.31. The van der Waals surface area contributed by atoms with Gasteiger partial charge >= 0.3 is 5.97 Å². The van der Waals surface area contributed by atoms with Crippen LogP contribution in [0.4, 0.5) is 0 Å².